The third-order valence-corrected chi connectivity index (χ3v) is 6.94. The highest BCUT2D eigenvalue weighted by Crippen LogP contribution is 2.37. The predicted molar refractivity (Wildman–Crippen MR) is 136 cm³/mol. The van der Waals surface area contributed by atoms with Crippen molar-refractivity contribution >= 4 is 5.91 Å². The zero-order valence-electron chi connectivity index (χ0n) is 20.7. The molecule has 3 N–H and O–H groups in total. The van der Waals surface area contributed by atoms with E-state index < -0.39 is 23.8 Å². The first-order valence-corrected chi connectivity index (χ1v) is 12.7. The molecule has 1 saturated carbocycles. The molecule has 0 heterocycles. The number of aliphatic hydroxyl groups excluding tert-OH is 1. The molecule has 1 aliphatic carbocycles. The van der Waals surface area contributed by atoms with Crippen LogP contribution in [-0.2, 0) is 23.2 Å². The molecule has 0 radical (unpaired) electrons. The highest BCUT2D eigenvalue weighted by Gasteiger charge is 2.35. The maximum absolute atomic E-state index is 13.7. The lowest BCUT2D eigenvalue weighted by atomic mass is 9.76. The number of allylic oxidation sites excluding steroid dienone is 1. The number of carbonyl (C=O) groups is 1. The van der Waals surface area contributed by atoms with Crippen LogP contribution in [0.15, 0.2) is 55.1 Å². The van der Waals surface area contributed by atoms with Gasteiger partial charge in [0, 0.05) is 25.1 Å². The van der Waals surface area contributed by atoms with E-state index in [1.807, 2.05) is 6.08 Å². The number of rotatable bonds is 12. The minimum Gasteiger partial charge on any atom is -0.390 e. The fraction of sp³-hybridized carbons (Fsp3) is 0.483. The standard InChI is InChI=1S/C29H38F2N2O2/c1-3-4-6-10-22-11-9-12-24(15-22)29(13-7-5-8-14-29)32-20-28(35)27(33-21(2)34)18-23-16-25(30)19-26(31)17-23/h3,9,11-12,15-17,19,27-28,32,35H,1,4-8,10,13-14,18,20H2,2H3,(H,33,34)/t27-,28-/m0/s1. The normalized spacial score (nSPS) is 16.9. The highest BCUT2D eigenvalue weighted by molar-refractivity contribution is 5.73. The van der Waals surface area contributed by atoms with E-state index in [0.29, 0.717) is 5.56 Å². The molecule has 1 aliphatic rings. The lowest BCUT2D eigenvalue weighted by Crippen LogP contribution is -2.53. The summed E-state index contributed by atoms with van der Waals surface area (Å²) < 4.78 is 27.4. The highest BCUT2D eigenvalue weighted by atomic mass is 19.1. The molecule has 0 saturated heterocycles. The second kappa shape index (κ2) is 12.9. The van der Waals surface area contributed by atoms with Crippen molar-refractivity contribution in [2.75, 3.05) is 6.54 Å². The number of carbonyl (C=O) groups excluding carboxylic acids is 1. The number of hydrogen-bond donors (Lipinski definition) is 3. The summed E-state index contributed by atoms with van der Waals surface area (Å²) in [6.07, 6.45) is 9.50. The van der Waals surface area contributed by atoms with E-state index >= 15 is 0 Å². The Hall–Kier alpha value is -2.57. The van der Waals surface area contributed by atoms with Gasteiger partial charge in [0.05, 0.1) is 12.1 Å². The molecular weight excluding hydrogens is 446 g/mol. The maximum Gasteiger partial charge on any atom is 0.217 e. The topological polar surface area (TPSA) is 61.4 Å². The molecule has 2 aromatic rings. The number of benzene rings is 2. The van der Waals surface area contributed by atoms with Gasteiger partial charge in [0.25, 0.3) is 0 Å². The number of amides is 1. The molecule has 0 aliphatic heterocycles. The molecule has 1 amide bonds. The van der Waals surface area contributed by atoms with Crippen LogP contribution in [0.5, 0.6) is 0 Å². The zero-order valence-corrected chi connectivity index (χ0v) is 20.7. The Labute approximate surface area is 207 Å². The van der Waals surface area contributed by atoms with Gasteiger partial charge in [-0.2, -0.15) is 0 Å². The van der Waals surface area contributed by atoms with Gasteiger partial charge in [-0.25, -0.2) is 8.78 Å². The van der Waals surface area contributed by atoms with Crippen molar-refractivity contribution in [1.29, 1.82) is 0 Å². The molecule has 190 valence electrons. The molecule has 0 aromatic heterocycles. The summed E-state index contributed by atoms with van der Waals surface area (Å²) in [4.78, 5) is 11.8. The zero-order chi connectivity index (χ0) is 25.3. The minimum absolute atomic E-state index is 0.128. The number of aryl methyl sites for hydroxylation is 1. The summed E-state index contributed by atoms with van der Waals surface area (Å²) >= 11 is 0. The molecule has 0 unspecified atom stereocenters. The molecule has 35 heavy (non-hydrogen) atoms. The van der Waals surface area contributed by atoms with Gasteiger partial charge in [0.15, 0.2) is 0 Å². The number of aliphatic hydroxyl groups is 1. The van der Waals surface area contributed by atoms with Gasteiger partial charge in [-0.15, -0.1) is 6.58 Å². The quantitative estimate of drug-likeness (QED) is 0.282. The van der Waals surface area contributed by atoms with Crippen LogP contribution >= 0.6 is 0 Å². The van der Waals surface area contributed by atoms with Crippen molar-refractivity contribution in [2.24, 2.45) is 0 Å². The smallest absolute Gasteiger partial charge is 0.217 e. The van der Waals surface area contributed by atoms with Gasteiger partial charge in [-0.1, -0.05) is 49.6 Å². The Morgan fingerprint density at radius 2 is 1.83 bits per heavy atom. The predicted octanol–water partition coefficient (Wildman–Crippen LogP) is 5.33. The lowest BCUT2D eigenvalue weighted by Gasteiger charge is -2.40. The second-order valence-corrected chi connectivity index (χ2v) is 9.76. The third-order valence-electron chi connectivity index (χ3n) is 6.94. The van der Waals surface area contributed by atoms with Crippen LogP contribution in [0.25, 0.3) is 0 Å². The van der Waals surface area contributed by atoms with Crippen LogP contribution in [0.1, 0.15) is 68.6 Å². The number of nitrogens with one attached hydrogen (secondary N) is 2. The first-order chi connectivity index (χ1) is 16.8. The SMILES string of the molecule is C=CCCCc1cccc(C2(NC[C@H](O)[C@H](Cc3cc(F)cc(F)c3)NC(C)=O)CCCCC2)c1. The fourth-order valence-electron chi connectivity index (χ4n) is 5.17. The van der Waals surface area contributed by atoms with Crippen molar-refractivity contribution in [2.45, 2.75) is 82.4 Å². The second-order valence-electron chi connectivity index (χ2n) is 9.76. The Morgan fingerprint density at radius 3 is 2.49 bits per heavy atom. The summed E-state index contributed by atoms with van der Waals surface area (Å²) in [6, 6.07) is 11.3. The van der Waals surface area contributed by atoms with Crippen molar-refractivity contribution in [1.82, 2.24) is 10.6 Å². The van der Waals surface area contributed by atoms with Crippen molar-refractivity contribution in [3.05, 3.63) is 83.4 Å². The Kier molecular flexibility index (Phi) is 9.99. The number of halogens is 2. The number of hydrogen-bond acceptors (Lipinski definition) is 3. The van der Waals surface area contributed by atoms with Crippen LogP contribution in [0.4, 0.5) is 8.78 Å². The minimum atomic E-state index is -0.931. The van der Waals surface area contributed by atoms with Crippen LogP contribution in [0, 0.1) is 11.6 Å². The Bertz CT molecular complexity index is 968. The van der Waals surface area contributed by atoms with Gasteiger partial charge in [0.2, 0.25) is 5.91 Å². The summed E-state index contributed by atoms with van der Waals surface area (Å²) in [6.45, 7) is 5.43. The molecule has 1 fully saturated rings. The van der Waals surface area contributed by atoms with Gasteiger partial charge < -0.3 is 15.7 Å². The van der Waals surface area contributed by atoms with Crippen LogP contribution in [0.3, 0.4) is 0 Å². The van der Waals surface area contributed by atoms with E-state index in [-0.39, 0.29) is 24.4 Å². The van der Waals surface area contributed by atoms with E-state index in [1.165, 1.54) is 36.6 Å². The maximum atomic E-state index is 13.7. The van der Waals surface area contributed by atoms with Crippen LogP contribution in [0.2, 0.25) is 0 Å². The molecule has 2 aromatic carbocycles. The molecule has 0 bridgehead atoms. The van der Waals surface area contributed by atoms with Crippen molar-refractivity contribution in [3.63, 3.8) is 0 Å². The van der Waals surface area contributed by atoms with E-state index in [0.717, 1.165) is 51.0 Å². The average Bonchev–Trinajstić information content (AvgIpc) is 2.82. The lowest BCUT2D eigenvalue weighted by molar-refractivity contribution is -0.120. The molecule has 3 rings (SSSR count). The molecule has 6 heteroatoms. The molecule has 0 spiro atoms. The summed E-state index contributed by atoms with van der Waals surface area (Å²) in [5.41, 5.74) is 2.66. The third kappa shape index (κ3) is 7.97. The van der Waals surface area contributed by atoms with E-state index in [4.69, 9.17) is 0 Å². The average molecular weight is 485 g/mol. The van der Waals surface area contributed by atoms with E-state index in [9.17, 15) is 18.7 Å². The summed E-state index contributed by atoms with van der Waals surface area (Å²) in [5, 5.41) is 17.5. The Morgan fingerprint density at radius 1 is 1.11 bits per heavy atom. The fourth-order valence-corrected chi connectivity index (χ4v) is 5.17. The Balaban J connectivity index is 1.75. The van der Waals surface area contributed by atoms with Crippen LogP contribution in [-0.4, -0.2) is 29.7 Å². The van der Waals surface area contributed by atoms with E-state index in [1.54, 1.807) is 0 Å². The monoisotopic (exact) mass is 484 g/mol. The van der Waals surface area contributed by atoms with Gasteiger partial charge in [0.1, 0.15) is 11.6 Å². The molecular formula is C29H38F2N2O2. The summed E-state index contributed by atoms with van der Waals surface area (Å²) in [5.74, 6) is -1.66. The van der Waals surface area contributed by atoms with E-state index in [2.05, 4.69) is 41.5 Å². The van der Waals surface area contributed by atoms with Gasteiger partial charge in [-0.3, -0.25) is 4.79 Å². The summed E-state index contributed by atoms with van der Waals surface area (Å²) in [7, 11) is 0. The number of unbranched alkanes of at least 4 members (excludes halogenated alkanes) is 1. The molecule has 4 nitrogen and oxygen atoms in total. The molecule has 2 atom stereocenters. The van der Waals surface area contributed by atoms with Crippen LogP contribution < -0.4 is 10.6 Å². The van der Waals surface area contributed by atoms with Gasteiger partial charge in [-0.05, 0) is 67.3 Å². The van der Waals surface area contributed by atoms with Gasteiger partial charge >= 0.3 is 0 Å². The van der Waals surface area contributed by atoms with Crippen molar-refractivity contribution < 1.29 is 18.7 Å². The first kappa shape index (κ1) is 27.0. The largest absolute Gasteiger partial charge is 0.390 e. The first-order valence-electron chi connectivity index (χ1n) is 12.7. The van der Waals surface area contributed by atoms with Crippen molar-refractivity contribution in [3.8, 4) is 0 Å².